The number of carbonyl (C=O) groups excluding carboxylic acids is 2. The molecule has 2 aliphatic heterocycles. The fraction of sp³-hybridized carbons (Fsp3) is 0.219. The van der Waals surface area contributed by atoms with Gasteiger partial charge in [-0.3, -0.25) is 9.59 Å². The molecule has 3 N–H and O–H groups in total. The number of fused-ring (bicyclic) bond motifs is 8. The van der Waals surface area contributed by atoms with E-state index < -0.39 is 17.7 Å². The second-order valence-electron chi connectivity index (χ2n) is 10.2. The zero-order valence-electron chi connectivity index (χ0n) is 21.7. The highest BCUT2D eigenvalue weighted by molar-refractivity contribution is 5.95. The van der Waals surface area contributed by atoms with Gasteiger partial charge in [-0.1, -0.05) is 25.6 Å². The van der Waals surface area contributed by atoms with E-state index in [1.165, 1.54) is 19.1 Å². The predicted molar refractivity (Wildman–Crippen MR) is 150 cm³/mol. The summed E-state index contributed by atoms with van der Waals surface area (Å²) in [5.41, 5.74) is 13.5. The second kappa shape index (κ2) is 9.86. The van der Waals surface area contributed by atoms with Crippen LogP contribution in [-0.2, 0) is 11.3 Å². The molecular weight excluding hydrogens is 510 g/mol. The minimum absolute atomic E-state index is 0. The molecule has 3 aromatic carbocycles. The second-order valence-corrected chi connectivity index (χ2v) is 10.2. The summed E-state index contributed by atoms with van der Waals surface area (Å²) >= 11 is 0. The van der Waals surface area contributed by atoms with Crippen LogP contribution in [0.3, 0.4) is 0 Å². The Labute approximate surface area is 231 Å². The number of rotatable bonds is 4. The van der Waals surface area contributed by atoms with Crippen molar-refractivity contribution in [1.29, 1.82) is 0 Å². The zero-order chi connectivity index (χ0) is 27.6. The van der Waals surface area contributed by atoms with Gasteiger partial charge in [0.2, 0.25) is 5.91 Å². The largest absolute Gasteiger partial charge is 0.384 e. The number of nitrogens with one attached hydrogen (secondary N) is 1. The van der Waals surface area contributed by atoms with Gasteiger partial charge in [-0.25, -0.2) is 13.8 Å². The molecule has 2 atom stereocenters. The molecule has 0 radical (unpaired) electrons. The first kappa shape index (κ1) is 27.0. The van der Waals surface area contributed by atoms with Crippen LogP contribution in [0.4, 0.5) is 14.6 Å². The van der Waals surface area contributed by atoms with Crippen LogP contribution in [-0.4, -0.2) is 21.7 Å². The van der Waals surface area contributed by atoms with E-state index in [0.29, 0.717) is 23.5 Å². The molecule has 0 fully saturated rings. The first-order valence-corrected chi connectivity index (χ1v) is 12.7. The standard InChI is InChI=1S/C31H26F2N4O2.CH4/c1-15-10-28(34)36-16(2)26(15)14-35-31(39)19-5-8-23-25(12-19)30-24-11-18(21-9-6-20(32)13-27(21)33)4-7-22(24)29(23)37(30)17(3)38;/h4-13,29-30H,14H2,1-3H3,(H2,34,36)(H,35,39);1H4. The van der Waals surface area contributed by atoms with Crippen molar-refractivity contribution in [1.82, 2.24) is 15.2 Å². The number of amides is 2. The van der Waals surface area contributed by atoms with Crippen LogP contribution in [0.2, 0.25) is 0 Å². The van der Waals surface area contributed by atoms with Crippen molar-refractivity contribution in [2.24, 2.45) is 0 Å². The van der Waals surface area contributed by atoms with Crippen molar-refractivity contribution in [2.75, 3.05) is 5.73 Å². The van der Waals surface area contributed by atoms with Gasteiger partial charge in [0.1, 0.15) is 17.5 Å². The van der Waals surface area contributed by atoms with Crippen LogP contribution in [0.5, 0.6) is 0 Å². The summed E-state index contributed by atoms with van der Waals surface area (Å²) in [5.74, 6) is -1.19. The van der Waals surface area contributed by atoms with E-state index in [1.54, 1.807) is 23.1 Å². The number of nitrogen functional groups attached to an aromatic ring is 1. The number of anilines is 1. The van der Waals surface area contributed by atoms with E-state index in [9.17, 15) is 18.4 Å². The molecule has 8 heteroatoms. The average molecular weight is 541 g/mol. The Balaban J connectivity index is 0.00000323. The fourth-order valence-corrected chi connectivity index (χ4v) is 6.03. The van der Waals surface area contributed by atoms with Gasteiger partial charge in [0.05, 0.1) is 12.1 Å². The summed E-state index contributed by atoms with van der Waals surface area (Å²) in [7, 11) is 0. The Hall–Kier alpha value is -4.59. The van der Waals surface area contributed by atoms with Crippen molar-refractivity contribution < 1.29 is 18.4 Å². The number of carbonyl (C=O) groups is 2. The predicted octanol–water partition coefficient (Wildman–Crippen LogP) is 6.15. The molecule has 204 valence electrons. The van der Waals surface area contributed by atoms with E-state index in [4.69, 9.17) is 5.73 Å². The summed E-state index contributed by atoms with van der Waals surface area (Å²) in [6.45, 7) is 5.62. The van der Waals surface area contributed by atoms with Gasteiger partial charge in [0, 0.05) is 36.4 Å². The summed E-state index contributed by atoms with van der Waals surface area (Å²) < 4.78 is 28.1. The number of pyridine rings is 1. The molecular formula is C32H30F2N4O2. The van der Waals surface area contributed by atoms with E-state index in [1.807, 2.05) is 38.1 Å². The Morgan fingerprint density at radius 2 is 1.60 bits per heavy atom. The first-order valence-electron chi connectivity index (χ1n) is 12.7. The van der Waals surface area contributed by atoms with Gasteiger partial charge in [-0.2, -0.15) is 0 Å². The van der Waals surface area contributed by atoms with E-state index in [2.05, 4.69) is 10.3 Å². The summed E-state index contributed by atoms with van der Waals surface area (Å²) in [6, 6.07) is 15.7. The molecule has 3 heterocycles. The lowest BCUT2D eigenvalue weighted by Gasteiger charge is -2.21. The molecule has 4 aromatic rings. The topological polar surface area (TPSA) is 88.3 Å². The van der Waals surface area contributed by atoms with Crippen molar-refractivity contribution in [3.05, 3.63) is 117 Å². The van der Waals surface area contributed by atoms with Crippen LogP contribution in [0, 0.1) is 25.5 Å². The fourth-order valence-electron chi connectivity index (χ4n) is 6.03. The maximum atomic E-state index is 14.6. The lowest BCUT2D eigenvalue weighted by Crippen LogP contribution is -2.26. The molecule has 0 spiro atoms. The number of aromatic nitrogens is 1. The molecule has 1 aromatic heterocycles. The Bertz CT molecular complexity index is 1680. The van der Waals surface area contributed by atoms with Crippen molar-refractivity contribution >= 4 is 17.6 Å². The average Bonchev–Trinajstić information content (AvgIpc) is 3.40. The normalized spacial score (nSPS) is 16.3. The smallest absolute Gasteiger partial charge is 0.251 e. The van der Waals surface area contributed by atoms with Gasteiger partial charge in [-0.15, -0.1) is 0 Å². The number of nitrogens with two attached hydrogens (primary N) is 1. The minimum atomic E-state index is -0.650. The number of nitrogens with zero attached hydrogens (tertiary/aromatic N) is 2. The first-order chi connectivity index (χ1) is 18.6. The summed E-state index contributed by atoms with van der Waals surface area (Å²) in [5, 5.41) is 2.97. The minimum Gasteiger partial charge on any atom is -0.384 e. The molecule has 0 saturated carbocycles. The molecule has 2 unspecified atom stereocenters. The Morgan fingerprint density at radius 1 is 0.925 bits per heavy atom. The van der Waals surface area contributed by atoms with E-state index in [-0.39, 0.29) is 30.8 Å². The lowest BCUT2D eigenvalue weighted by molar-refractivity contribution is -0.130. The zero-order valence-corrected chi connectivity index (χ0v) is 21.7. The molecule has 0 saturated heterocycles. The van der Waals surface area contributed by atoms with Gasteiger partial charge >= 0.3 is 0 Å². The van der Waals surface area contributed by atoms with Crippen LogP contribution in [0.1, 0.15) is 75.9 Å². The van der Waals surface area contributed by atoms with Crippen LogP contribution in [0.15, 0.2) is 60.7 Å². The molecule has 6 nitrogen and oxygen atoms in total. The lowest BCUT2D eigenvalue weighted by atomic mass is 9.83. The highest BCUT2D eigenvalue weighted by atomic mass is 19.1. The number of halogens is 2. The molecule has 0 aliphatic carbocycles. The number of benzene rings is 3. The quantitative estimate of drug-likeness (QED) is 0.325. The number of aryl methyl sites for hydroxylation is 2. The summed E-state index contributed by atoms with van der Waals surface area (Å²) in [6.07, 6.45) is 0. The SMILES string of the molecule is C.CC(=O)N1C2c3ccc(C(=O)NCc4c(C)cc(N)nc4C)cc3C1c1cc(-c3ccc(F)cc3F)ccc12. The van der Waals surface area contributed by atoms with Crippen LogP contribution < -0.4 is 11.1 Å². The van der Waals surface area contributed by atoms with Crippen molar-refractivity contribution in [3.63, 3.8) is 0 Å². The third kappa shape index (κ3) is 4.20. The monoisotopic (exact) mass is 540 g/mol. The third-order valence-corrected chi connectivity index (χ3v) is 7.78. The van der Waals surface area contributed by atoms with Crippen LogP contribution in [0.25, 0.3) is 11.1 Å². The highest BCUT2D eigenvalue weighted by Gasteiger charge is 2.49. The van der Waals surface area contributed by atoms with Crippen molar-refractivity contribution in [3.8, 4) is 11.1 Å². The Morgan fingerprint density at radius 3 is 2.27 bits per heavy atom. The molecule has 2 bridgehead atoms. The van der Waals surface area contributed by atoms with Gasteiger partial charge in [0.15, 0.2) is 0 Å². The maximum Gasteiger partial charge on any atom is 0.251 e. The summed E-state index contributed by atoms with van der Waals surface area (Å²) in [4.78, 5) is 32.0. The maximum absolute atomic E-state index is 14.6. The number of hydrogen-bond acceptors (Lipinski definition) is 4. The van der Waals surface area contributed by atoms with Gasteiger partial charge < -0.3 is 16.0 Å². The molecule has 2 aliphatic rings. The van der Waals surface area contributed by atoms with E-state index >= 15 is 0 Å². The van der Waals surface area contributed by atoms with E-state index in [0.717, 1.165) is 45.1 Å². The third-order valence-electron chi connectivity index (χ3n) is 7.78. The van der Waals surface area contributed by atoms with Gasteiger partial charge in [-0.05, 0) is 89.2 Å². The van der Waals surface area contributed by atoms with Crippen molar-refractivity contribution in [2.45, 2.75) is 46.8 Å². The van der Waals surface area contributed by atoms with Crippen LogP contribution >= 0.6 is 0 Å². The number of hydrogen-bond donors (Lipinski definition) is 2. The van der Waals surface area contributed by atoms with Gasteiger partial charge in [0.25, 0.3) is 5.91 Å². The molecule has 40 heavy (non-hydrogen) atoms. The molecule has 6 rings (SSSR count). The Kier molecular flexibility index (Phi) is 6.66. The highest BCUT2D eigenvalue weighted by Crippen LogP contribution is 2.57. The molecule has 2 amide bonds.